The number of ketones is 1. The number of carbonyl (C=O) groups is 1. The molecule has 3 heteroatoms. The molecule has 2 aromatic rings. The number of nitrogens with one attached hydrogen (secondary N) is 1. The lowest BCUT2D eigenvalue weighted by Gasteiger charge is -2.07. The van der Waals surface area contributed by atoms with E-state index in [0.717, 1.165) is 36.9 Å². The van der Waals surface area contributed by atoms with Gasteiger partial charge in [-0.05, 0) is 49.9 Å². The van der Waals surface area contributed by atoms with Crippen LogP contribution in [0.1, 0.15) is 31.7 Å². The molecule has 19 heavy (non-hydrogen) atoms. The predicted molar refractivity (Wildman–Crippen MR) is 75.5 cm³/mol. The maximum absolute atomic E-state index is 11.8. The molecule has 3 nitrogen and oxygen atoms in total. The van der Waals surface area contributed by atoms with E-state index in [4.69, 9.17) is 4.74 Å². The second-order valence-corrected chi connectivity index (χ2v) is 5.21. The fourth-order valence-corrected chi connectivity index (χ4v) is 2.95. The van der Waals surface area contributed by atoms with Crippen LogP contribution in [-0.2, 0) is 11.2 Å². The summed E-state index contributed by atoms with van der Waals surface area (Å²) in [5, 5.41) is 1.19. The van der Waals surface area contributed by atoms with Gasteiger partial charge in [-0.15, -0.1) is 0 Å². The molecular weight excluding hydrogens is 238 g/mol. The number of H-pyrrole nitrogens is 1. The van der Waals surface area contributed by atoms with E-state index in [1.807, 2.05) is 25.3 Å². The molecule has 0 aliphatic heterocycles. The highest BCUT2D eigenvalue weighted by Gasteiger charge is 2.25. The maximum Gasteiger partial charge on any atom is 0.136 e. The standard InChI is InChI=1S/C16H19NO2/c1-2-19-13-6-7-15-14(9-13)12(10-17-15)8-11-4-3-5-16(11)18/h6-7,9-11,17H,2-5,8H2,1H3. The van der Waals surface area contributed by atoms with E-state index in [9.17, 15) is 4.79 Å². The Hall–Kier alpha value is -1.77. The summed E-state index contributed by atoms with van der Waals surface area (Å²) in [6.45, 7) is 2.66. The quantitative estimate of drug-likeness (QED) is 0.911. The lowest BCUT2D eigenvalue weighted by atomic mass is 9.97. The van der Waals surface area contributed by atoms with E-state index in [2.05, 4.69) is 11.1 Å². The molecule has 1 aliphatic carbocycles. The zero-order chi connectivity index (χ0) is 13.2. The van der Waals surface area contributed by atoms with Crippen LogP contribution in [0.5, 0.6) is 5.75 Å². The zero-order valence-electron chi connectivity index (χ0n) is 11.2. The van der Waals surface area contributed by atoms with Gasteiger partial charge in [-0.3, -0.25) is 4.79 Å². The van der Waals surface area contributed by atoms with Crippen LogP contribution in [0.15, 0.2) is 24.4 Å². The van der Waals surface area contributed by atoms with Crippen LogP contribution >= 0.6 is 0 Å². The van der Waals surface area contributed by atoms with Gasteiger partial charge in [0.1, 0.15) is 11.5 Å². The predicted octanol–water partition coefficient (Wildman–Crippen LogP) is 3.48. The summed E-state index contributed by atoms with van der Waals surface area (Å²) in [5.74, 6) is 1.54. The number of hydrogen-bond acceptors (Lipinski definition) is 2. The molecule has 0 radical (unpaired) electrons. The fraction of sp³-hybridized carbons (Fsp3) is 0.438. The van der Waals surface area contributed by atoms with Gasteiger partial charge in [0, 0.05) is 29.4 Å². The largest absolute Gasteiger partial charge is 0.494 e. The number of hydrogen-bond donors (Lipinski definition) is 1. The van der Waals surface area contributed by atoms with Crippen molar-refractivity contribution < 1.29 is 9.53 Å². The van der Waals surface area contributed by atoms with Gasteiger partial charge in [0.15, 0.2) is 0 Å². The van der Waals surface area contributed by atoms with Gasteiger partial charge in [0.25, 0.3) is 0 Å². The van der Waals surface area contributed by atoms with Gasteiger partial charge in [-0.1, -0.05) is 0 Å². The summed E-state index contributed by atoms with van der Waals surface area (Å²) in [4.78, 5) is 15.1. The van der Waals surface area contributed by atoms with Crippen LogP contribution < -0.4 is 4.74 Å². The molecule has 0 amide bonds. The number of rotatable bonds is 4. The van der Waals surface area contributed by atoms with Crippen molar-refractivity contribution in [2.24, 2.45) is 5.92 Å². The number of Topliss-reactive ketones (excluding diaryl/α,β-unsaturated/α-hetero) is 1. The van der Waals surface area contributed by atoms with Crippen LogP contribution in [0.25, 0.3) is 10.9 Å². The number of carbonyl (C=O) groups excluding carboxylic acids is 1. The Morgan fingerprint density at radius 1 is 1.42 bits per heavy atom. The molecule has 0 bridgehead atoms. The van der Waals surface area contributed by atoms with Crippen molar-refractivity contribution in [1.29, 1.82) is 0 Å². The summed E-state index contributed by atoms with van der Waals surface area (Å²) in [7, 11) is 0. The van der Waals surface area contributed by atoms with Gasteiger partial charge in [-0.2, -0.15) is 0 Å². The molecule has 100 valence electrons. The number of benzene rings is 1. The Labute approximate surface area is 113 Å². The third-order valence-corrected chi connectivity index (χ3v) is 3.95. The third-order valence-electron chi connectivity index (χ3n) is 3.95. The Morgan fingerprint density at radius 3 is 3.05 bits per heavy atom. The van der Waals surface area contributed by atoms with Crippen LogP contribution in [0.4, 0.5) is 0 Å². The van der Waals surface area contributed by atoms with Crippen LogP contribution in [0, 0.1) is 5.92 Å². The second kappa shape index (κ2) is 5.08. The first-order chi connectivity index (χ1) is 9.28. The van der Waals surface area contributed by atoms with E-state index >= 15 is 0 Å². The van der Waals surface area contributed by atoms with E-state index in [1.54, 1.807) is 0 Å². The van der Waals surface area contributed by atoms with Crippen LogP contribution in [0.3, 0.4) is 0 Å². The van der Waals surface area contributed by atoms with Crippen molar-refractivity contribution in [3.63, 3.8) is 0 Å². The first kappa shape index (κ1) is 12.3. The minimum atomic E-state index is 0.217. The van der Waals surface area contributed by atoms with E-state index in [-0.39, 0.29) is 5.92 Å². The molecular formula is C16H19NO2. The van der Waals surface area contributed by atoms with E-state index < -0.39 is 0 Å². The number of aromatic nitrogens is 1. The molecule has 1 fully saturated rings. The van der Waals surface area contributed by atoms with Gasteiger partial charge < -0.3 is 9.72 Å². The zero-order valence-corrected chi connectivity index (χ0v) is 11.2. The first-order valence-electron chi connectivity index (χ1n) is 7.03. The van der Waals surface area contributed by atoms with Crippen molar-refractivity contribution in [2.75, 3.05) is 6.61 Å². The minimum Gasteiger partial charge on any atom is -0.494 e. The Balaban J connectivity index is 1.90. The third kappa shape index (κ3) is 2.37. The molecule has 1 unspecified atom stereocenters. The average Bonchev–Trinajstić information content (AvgIpc) is 2.98. The summed E-state index contributed by atoms with van der Waals surface area (Å²) >= 11 is 0. The molecule has 1 saturated carbocycles. The fourth-order valence-electron chi connectivity index (χ4n) is 2.95. The van der Waals surface area contributed by atoms with Crippen molar-refractivity contribution in [2.45, 2.75) is 32.6 Å². The van der Waals surface area contributed by atoms with E-state index in [1.165, 1.54) is 10.9 Å². The molecule has 1 aromatic carbocycles. The average molecular weight is 257 g/mol. The monoisotopic (exact) mass is 257 g/mol. The van der Waals surface area contributed by atoms with Gasteiger partial charge in [-0.25, -0.2) is 0 Å². The van der Waals surface area contributed by atoms with Crippen LogP contribution in [-0.4, -0.2) is 17.4 Å². The minimum absolute atomic E-state index is 0.217. The Kier molecular flexibility index (Phi) is 3.28. The summed E-state index contributed by atoms with van der Waals surface area (Å²) in [5.41, 5.74) is 2.35. The summed E-state index contributed by atoms with van der Waals surface area (Å²) in [6.07, 6.45) is 5.74. The molecule has 0 saturated heterocycles. The number of fused-ring (bicyclic) bond motifs is 1. The highest BCUT2D eigenvalue weighted by molar-refractivity contribution is 5.87. The Bertz CT molecular complexity index is 600. The van der Waals surface area contributed by atoms with Crippen molar-refractivity contribution in [1.82, 2.24) is 4.98 Å². The molecule has 1 aliphatic rings. The van der Waals surface area contributed by atoms with Gasteiger partial charge >= 0.3 is 0 Å². The first-order valence-corrected chi connectivity index (χ1v) is 7.03. The summed E-state index contributed by atoms with van der Waals surface area (Å²) in [6, 6.07) is 6.09. The van der Waals surface area contributed by atoms with Gasteiger partial charge in [0.2, 0.25) is 0 Å². The maximum atomic E-state index is 11.8. The molecule has 0 spiro atoms. The van der Waals surface area contributed by atoms with Crippen molar-refractivity contribution in [3.05, 3.63) is 30.0 Å². The number of ether oxygens (including phenoxy) is 1. The second-order valence-electron chi connectivity index (χ2n) is 5.21. The lowest BCUT2D eigenvalue weighted by molar-refractivity contribution is -0.120. The van der Waals surface area contributed by atoms with Crippen molar-refractivity contribution >= 4 is 16.7 Å². The highest BCUT2D eigenvalue weighted by Crippen LogP contribution is 2.30. The number of aromatic amines is 1. The van der Waals surface area contributed by atoms with Crippen LogP contribution in [0.2, 0.25) is 0 Å². The smallest absolute Gasteiger partial charge is 0.136 e. The molecule has 1 atom stereocenters. The van der Waals surface area contributed by atoms with Crippen molar-refractivity contribution in [3.8, 4) is 5.75 Å². The topological polar surface area (TPSA) is 42.1 Å². The SMILES string of the molecule is CCOc1ccc2[nH]cc(CC3CCCC3=O)c2c1. The van der Waals surface area contributed by atoms with E-state index in [0.29, 0.717) is 12.4 Å². The van der Waals surface area contributed by atoms with Gasteiger partial charge in [0.05, 0.1) is 6.61 Å². The molecule has 1 heterocycles. The lowest BCUT2D eigenvalue weighted by Crippen LogP contribution is -2.09. The molecule has 1 aromatic heterocycles. The normalized spacial score (nSPS) is 19.2. The Morgan fingerprint density at radius 2 is 2.32 bits per heavy atom. The molecule has 1 N–H and O–H groups in total. The summed E-state index contributed by atoms with van der Waals surface area (Å²) < 4.78 is 5.55. The molecule has 3 rings (SSSR count). The highest BCUT2D eigenvalue weighted by atomic mass is 16.5.